The van der Waals surface area contributed by atoms with Crippen molar-refractivity contribution in [1.82, 2.24) is 0 Å². The average molecular weight is 232 g/mol. The second-order valence-electron chi connectivity index (χ2n) is 5.68. The number of hydrogen-bond acceptors (Lipinski definition) is 2. The van der Waals surface area contributed by atoms with Gasteiger partial charge in [0.1, 0.15) is 4.75 Å². The lowest BCUT2D eigenvalue weighted by molar-refractivity contribution is -0.139. The van der Waals surface area contributed by atoms with Crippen LogP contribution in [0.15, 0.2) is 0 Å². The molecule has 0 amide bonds. The van der Waals surface area contributed by atoms with Crippen LogP contribution in [0.25, 0.3) is 0 Å². The zero-order chi connectivity index (χ0) is 12.3. The third kappa shape index (κ3) is 6.08. The Bertz CT molecular complexity index is 218. The number of aliphatic carboxylic acids is 1. The van der Waals surface area contributed by atoms with Gasteiger partial charge in [-0.3, -0.25) is 4.79 Å². The van der Waals surface area contributed by atoms with E-state index in [0.29, 0.717) is 5.92 Å². The molecule has 0 spiro atoms. The fourth-order valence-electron chi connectivity index (χ4n) is 1.44. The second-order valence-corrected chi connectivity index (χ2v) is 8.01. The molecule has 0 radical (unpaired) electrons. The molecule has 1 N–H and O–H groups in total. The van der Waals surface area contributed by atoms with E-state index < -0.39 is 10.7 Å². The van der Waals surface area contributed by atoms with E-state index in [4.69, 9.17) is 0 Å². The van der Waals surface area contributed by atoms with Crippen molar-refractivity contribution in [2.75, 3.05) is 0 Å². The average Bonchev–Trinajstić information content (AvgIpc) is 1.97. The van der Waals surface area contributed by atoms with Crippen molar-refractivity contribution in [1.29, 1.82) is 0 Å². The van der Waals surface area contributed by atoms with Gasteiger partial charge < -0.3 is 5.11 Å². The minimum Gasteiger partial charge on any atom is -0.480 e. The second kappa shape index (κ2) is 5.24. The molecule has 0 heterocycles. The first-order valence-electron chi connectivity index (χ1n) is 5.50. The van der Waals surface area contributed by atoms with Gasteiger partial charge in [0.05, 0.1) is 0 Å². The van der Waals surface area contributed by atoms with E-state index in [1.807, 2.05) is 6.92 Å². The van der Waals surface area contributed by atoms with Crippen LogP contribution in [0.2, 0.25) is 0 Å². The van der Waals surface area contributed by atoms with E-state index in [0.717, 1.165) is 12.8 Å². The summed E-state index contributed by atoms with van der Waals surface area (Å²) in [5.41, 5.74) is 0. The molecule has 0 bridgehead atoms. The SMILES string of the molecule is CC(C)CCC(C)(SC(C)(C)C)C(=O)O. The van der Waals surface area contributed by atoms with Gasteiger partial charge in [-0.25, -0.2) is 0 Å². The van der Waals surface area contributed by atoms with Crippen molar-refractivity contribution >= 4 is 17.7 Å². The van der Waals surface area contributed by atoms with Crippen molar-refractivity contribution in [3.8, 4) is 0 Å². The van der Waals surface area contributed by atoms with Crippen LogP contribution in [-0.2, 0) is 4.79 Å². The largest absolute Gasteiger partial charge is 0.480 e. The number of carboxylic acids is 1. The Kier molecular flexibility index (Phi) is 5.18. The van der Waals surface area contributed by atoms with Crippen LogP contribution in [0.4, 0.5) is 0 Å². The number of rotatable bonds is 5. The molecule has 0 aliphatic rings. The van der Waals surface area contributed by atoms with Gasteiger partial charge in [0, 0.05) is 4.75 Å². The Hall–Kier alpha value is -0.180. The minimum absolute atomic E-state index is 0.00980. The highest BCUT2D eigenvalue weighted by Gasteiger charge is 2.37. The summed E-state index contributed by atoms with van der Waals surface area (Å²) in [6, 6.07) is 0. The van der Waals surface area contributed by atoms with E-state index >= 15 is 0 Å². The Balaban J connectivity index is 4.53. The molecule has 0 rings (SSSR count). The molecule has 0 aliphatic heterocycles. The zero-order valence-corrected chi connectivity index (χ0v) is 11.6. The van der Waals surface area contributed by atoms with Crippen LogP contribution in [0.1, 0.15) is 54.4 Å². The summed E-state index contributed by atoms with van der Waals surface area (Å²) in [5.74, 6) is -0.132. The maximum atomic E-state index is 11.3. The van der Waals surface area contributed by atoms with Crippen molar-refractivity contribution in [2.45, 2.75) is 63.9 Å². The fraction of sp³-hybridized carbons (Fsp3) is 0.917. The molecule has 1 unspecified atom stereocenters. The van der Waals surface area contributed by atoms with Gasteiger partial charge in [-0.05, 0) is 25.7 Å². The van der Waals surface area contributed by atoms with Gasteiger partial charge in [-0.1, -0.05) is 34.6 Å². The maximum Gasteiger partial charge on any atom is 0.319 e. The Morgan fingerprint density at radius 2 is 1.73 bits per heavy atom. The van der Waals surface area contributed by atoms with E-state index in [1.165, 1.54) is 0 Å². The van der Waals surface area contributed by atoms with Gasteiger partial charge in [-0.2, -0.15) is 0 Å². The molecule has 90 valence electrons. The predicted octanol–water partition coefficient (Wildman–Crippen LogP) is 3.80. The molecule has 0 aliphatic carbocycles. The standard InChI is InChI=1S/C12H24O2S/c1-9(2)7-8-12(6,10(13)14)15-11(3,4)5/h9H,7-8H2,1-6H3,(H,13,14). The quantitative estimate of drug-likeness (QED) is 0.783. The summed E-state index contributed by atoms with van der Waals surface area (Å²) in [5, 5.41) is 9.29. The van der Waals surface area contributed by atoms with Crippen molar-refractivity contribution in [3.63, 3.8) is 0 Å². The van der Waals surface area contributed by atoms with Crippen LogP contribution in [0.5, 0.6) is 0 Å². The van der Waals surface area contributed by atoms with Gasteiger partial charge in [-0.15, -0.1) is 11.8 Å². The molecule has 0 aromatic heterocycles. The first-order valence-corrected chi connectivity index (χ1v) is 6.32. The summed E-state index contributed by atoms with van der Waals surface area (Å²) >= 11 is 1.55. The number of carboxylic acid groups (broad SMARTS) is 1. The van der Waals surface area contributed by atoms with E-state index in [-0.39, 0.29) is 4.75 Å². The molecule has 0 aromatic carbocycles. The molecular weight excluding hydrogens is 208 g/mol. The van der Waals surface area contributed by atoms with Crippen LogP contribution in [0.3, 0.4) is 0 Å². The molecule has 15 heavy (non-hydrogen) atoms. The number of hydrogen-bond donors (Lipinski definition) is 1. The molecule has 0 saturated heterocycles. The third-order valence-electron chi connectivity index (χ3n) is 2.18. The van der Waals surface area contributed by atoms with Gasteiger partial charge >= 0.3 is 5.97 Å². The van der Waals surface area contributed by atoms with Crippen molar-refractivity contribution in [3.05, 3.63) is 0 Å². The monoisotopic (exact) mass is 232 g/mol. The third-order valence-corrected chi connectivity index (χ3v) is 3.62. The van der Waals surface area contributed by atoms with E-state index in [9.17, 15) is 9.90 Å². The number of carbonyl (C=O) groups is 1. The summed E-state index contributed by atoms with van der Waals surface area (Å²) in [4.78, 5) is 11.3. The first kappa shape index (κ1) is 14.8. The molecule has 0 saturated carbocycles. The summed E-state index contributed by atoms with van der Waals surface area (Å²) in [6.45, 7) is 12.3. The normalized spacial score (nSPS) is 16.5. The van der Waals surface area contributed by atoms with Gasteiger partial charge in [0.2, 0.25) is 0 Å². The molecule has 0 fully saturated rings. The molecule has 2 nitrogen and oxygen atoms in total. The summed E-state index contributed by atoms with van der Waals surface area (Å²) in [7, 11) is 0. The van der Waals surface area contributed by atoms with Crippen molar-refractivity contribution < 1.29 is 9.90 Å². The highest BCUT2D eigenvalue weighted by molar-refractivity contribution is 8.02. The topological polar surface area (TPSA) is 37.3 Å². The Labute approximate surface area is 97.8 Å². The zero-order valence-electron chi connectivity index (χ0n) is 10.8. The predicted molar refractivity (Wildman–Crippen MR) is 67.5 cm³/mol. The van der Waals surface area contributed by atoms with Crippen LogP contribution in [-0.4, -0.2) is 20.6 Å². The molecule has 3 heteroatoms. The van der Waals surface area contributed by atoms with Crippen LogP contribution >= 0.6 is 11.8 Å². The molecule has 0 aromatic rings. The first-order chi connectivity index (χ1) is 6.57. The lowest BCUT2D eigenvalue weighted by Crippen LogP contribution is -2.36. The fourth-order valence-corrected chi connectivity index (χ4v) is 3.10. The minimum atomic E-state index is -0.692. The molecule has 1 atom stereocenters. The van der Waals surface area contributed by atoms with E-state index in [2.05, 4.69) is 34.6 Å². The highest BCUT2D eigenvalue weighted by atomic mass is 32.2. The van der Waals surface area contributed by atoms with E-state index in [1.54, 1.807) is 11.8 Å². The van der Waals surface area contributed by atoms with Crippen LogP contribution < -0.4 is 0 Å². The lowest BCUT2D eigenvalue weighted by atomic mass is 9.99. The maximum absolute atomic E-state index is 11.3. The highest BCUT2D eigenvalue weighted by Crippen LogP contribution is 2.40. The van der Waals surface area contributed by atoms with Crippen LogP contribution in [0, 0.1) is 5.92 Å². The number of thioether (sulfide) groups is 1. The summed E-state index contributed by atoms with van der Waals surface area (Å²) in [6.07, 6.45) is 1.70. The summed E-state index contributed by atoms with van der Waals surface area (Å²) < 4.78 is -0.660. The molecular formula is C12H24O2S. The van der Waals surface area contributed by atoms with Gasteiger partial charge in [0.15, 0.2) is 0 Å². The van der Waals surface area contributed by atoms with Gasteiger partial charge in [0.25, 0.3) is 0 Å². The lowest BCUT2D eigenvalue weighted by Gasteiger charge is -2.32. The van der Waals surface area contributed by atoms with Crippen molar-refractivity contribution in [2.24, 2.45) is 5.92 Å². The smallest absolute Gasteiger partial charge is 0.319 e. The Morgan fingerprint density at radius 1 is 1.27 bits per heavy atom. The Morgan fingerprint density at radius 3 is 2.00 bits per heavy atom.